The fourth-order valence-corrected chi connectivity index (χ4v) is 2.67. The van der Waals surface area contributed by atoms with E-state index in [0.717, 1.165) is 38.5 Å². The van der Waals surface area contributed by atoms with Gasteiger partial charge in [0, 0.05) is 19.8 Å². The summed E-state index contributed by atoms with van der Waals surface area (Å²) in [6.45, 7) is 10.7. The molecule has 1 aliphatic heterocycles. The third-order valence-corrected chi connectivity index (χ3v) is 4.33. The van der Waals surface area contributed by atoms with Crippen LogP contribution >= 0.6 is 0 Å². The fourth-order valence-electron chi connectivity index (χ4n) is 2.67. The molecule has 0 radical (unpaired) electrons. The lowest BCUT2D eigenvalue weighted by Gasteiger charge is -2.33. The number of rotatable bonds is 13. The maximum atomic E-state index is 10.4. The Labute approximate surface area is 141 Å². The highest BCUT2D eigenvalue weighted by Crippen LogP contribution is 2.36. The summed E-state index contributed by atoms with van der Waals surface area (Å²) in [5, 5.41) is 10.4. The van der Waals surface area contributed by atoms with Gasteiger partial charge in [0.05, 0.1) is 6.61 Å². The van der Waals surface area contributed by atoms with Crippen molar-refractivity contribution >= 4 is 0 Å². The molecular formula is C18H36O5. The summed E-state index contributed by atoms with van der Waals surface area (Å²) in [4.78, 5) is 0. The monoisotopic (exact) mass is 332 g/mol. The van der Waals surface area contributed by atoms with Crippen LogP contribution in [-0.4, -0.2) is 55.6 Å². The molecule has 0 aromatic rings. The second-order valence-corrected chi connectivity index (χ2v) is 6.49. The lowest BCUT2D eigenvalue weighted by Crippen LogP contribution is -2.50. The summed E-state index contributed by atoms with van der Waals surface area (Å²) >= 11 is 0. The normalized spacial score (nSPS) is 30.9. The first-order chi connectivity index (χ1) is 11.1. The average Bonchev–Trinajstić information content (AvgIpc) is 2.77. The molecule has 1 N–H and O–H groups in total. The molecule has 1 aliphatic rings. The number of ether oxygens (including phenoxy) is 4. The molecule has 0 aliphatic carbocycles. The fraction of sp³-hybridized carbons (Fsp3) is 1.00. The molecule has 0 saturated carbocycles. The molecule has 23 heavy (non-hydrogen) atoms. The second-order valence-electron chi connectivity index (χ2n) is 6.49. The van der Waals surface area contributed by atoms with Gasteiger partial charge in [0.25, 0.3) is 0 Å². The van der Waals surface area contributed by atoms with Crippen molar-refractivity contribution in [2.45, 2.75) is 90.3 Å². The van der Waals surface area contributed by atoms with Gasteiger partial charge in [-0.1, -0.05) is 40.0 Å². The van der Waals surface area contributed by atoms with E-state index in [2.05, 4.69) is 20.8 Å². The first kappa shape index (κ1) is 20.8. The zero-order valence-corrected chi connectivity index (χ0v) is 15.4. The molecule has 1 unspecified atom stereocenters. The Balaban J connectivity index is 2.64. The van der Waals surface area contributed by atoms with E-state index in [4.69, 9.17) is 18.9 Å². The summed E-state index contributed by atoms with van der Waals surface area (Å²) in [7, 11) is 0. The van der Waals surface area contributed by atoms with Crippen LogP contribution < -0.4 is 0 Å². The van der Waals surface area contributed by atoms with Crippen molar-refractivity contribution in [1.29, 1.82) is 0 Å². The van der Waals surface area contributed by atoms with Gasteiger partial charge >= 0.3 is 0 Å². The topological polar surface area (TPSA) is 57.2 Å². The second kappa shape index (κ2) is 11.4. The van der Waals surface area contributed by atoms with Crippen LogP contribution in [0.2, 0.25) is 0 Å². The van der Waals surface area contributed by atoms with Gasteiger partial charge in [-0.05, 0) is 26.2 Å². The van der Waals surface area contributed by atoms with E-state index >= 15 is 0 Å². The highest BCUT2D eigenvalue weighted by atomic mass is 16.7. The van der Waals surface area contributed by atoms with Gasteiger partial charge in [-0.2, -0.15) is 0 Å². The van der Waals surface area contributed by atoms with Gasteiger partial charge in [0.2, 0.25) is 0 Å². The van der Waals surface area contributed by atoms with Crippen LogP contribution in [0.1, 0.15) is 66.2 Å². The van der Waals surface area contributed by atoms with E-state index in [-0.39, 0.29) is 12.2 Å². The molecule has 1 rings (SSSR count). The standard InChI is InChI=1S/C18H36O5/c1-5-8-11-20-14-15-16(21-12-9-6-2)18(4,17(19)23-15)22-13-10-7-3/h15-17,19H,5-14H2,1-4H3/t15-,16-,17?,18-/m1/s1. The lowest BCUT2D eigenvalue weighted by molar-refractivity contribution is -0.198. The summed E-state index contributed by atoms with van der Waals surface area (Å²) in [5.41, 5.74) is -0.832. The molecule has 1 saturated heterocycles. The minimum atomic E-state index is -0.981. The maximum absolute atomic E-state index is 10.4. The van der Waals surface area contributed by atoms with Crippen LogP contribution in [0.25, 0.3) is 0 Å². The Bertz CT molecular complexity index is 299. The van der Waals surface area contributed by atoms with Gasteiger partial charge in [-0.25, -0.2) is 0 Å². The SMILES string of the molecule is CCCCOC[C@H]1OC(O)[C@](C)(OCCCC)[C@@H]1OCCCC. The molecule has 138 valence electrons. The van der Waals surface area contributed by atoms with Gasteiger partial charge in [0.15, 0.2) is 6.29 Å². The zero-order chi connectivity index (χ0) is 17.1. The Morgan fingerprint density at radius 2 is 1.57 bits per heavy atom. The molecule has 1 heterocycles. The minimum absolute atomic E-state index is 0.287. The molecule has 5 nitrogen and oxygen atoms in total. The number of aliphatic hydroxyl groups excluding tert-OH is 1. The van der Waals surface area contributed by atoms with Crippen LogP contribution in [0.4, 0.5) is 0 Å². The average molecular weight is 332 g/mol. The molecule has 0 bridgehead atoms. The third kappa shape index (κ3) is 6.31. The van der Waals surface area contributed by atoms with Gasteiger partial charge in [-0.3, -0.25) is 0 Å². The van der Waals surface area contributed by atoms with Crippen molar-refractivity contribution in [3.05, 3.63) is 0 Å². The van der Waals surface area contributed by atoms with Gasteiger partial charge in [-0.15, -0.1) is 0 Å². The zero-order valence-electron chi connectivity index (χ0n) is 15.4. The van der Waals surface area contributed by atoms with Crippen LogP contribution in [-0.2, 0) is 18.9 Å². The van der Waals surface area contributed by atoms with Gasteiger partial charge in [0.1, 0.15) is 17.8 Å². The number of unbranched alkanes of at least 4 members (excludes halogenated alkanes) is 3. The van der Waals surface area contributed by atoms with E-state index in [1.165, 1.54) is 0 Å². The third-order valence-electron chi connectivity index (χ3n) is 4.33. The Kier molecular flexibility index (Phi) is 10.3. The van der Waals surface area contributed by atoms with E-state index in [0.29, 0.717) is 26.4 Å². The summed E-state index contributed by atoms with van der Waals surface area (Å²) in [5.74, 6) is 0. The first-order valence-electron chi connectivity index (χ1n) is 9.26. The van der Waals surface area contributed by atoms with E-state index in [9.17, 15) is 5.11 Å². The molecule has 0 amide bonds. The van der Waals surface area contributed by atoms with E-state index in [1.807, 2.05) is 6.92 Å². The largest absolute Gasteiger partial charge is 0.379 e. The van der Waals surface area contributed by atoms with Crippen molar-refractivity contribution < 1.29 is 24.1 Å². The highest BCUT2D eigenvalue weighted by molar-refractivity contribution is 4.99. The van der Waals surface area contributed by atoms with Crippen molar-refractivity contribution in [2.75, 3.05) is 26.4 Å². The van der Waals surface area contributed by atoms with Crippen molar-refractivity contribution in [3.8, 4) is 0 Å². The minimum Gasteiger partial charge on any atom is -0.379 e. The molecular weight excluding hydrogens is 296 g/mol. The Morgan fingerprint density at radius 3 is 2.22 bits per heavy atom. The lowest BCUT2D eigenvalue weighted by atomic mass is 9.97. The van der Waals surface area contributed by atoms with Crippen molar-refractivity contribution in [3.63, 3.8) is 0 Å². The quantitative estimate of drug-likeness (QED) is 0.525. The van der Waals surface area contributed by atoms with Crippen molar-refractivity contribution in [2.24, 2.45) is 0 Å². The number of aliphatic hydroxyl groups is 1. The number of hydrogen-bond donors (Lipinski definition) is 1. The molecule has 4 atom stereocenters. The summed E-state index contributed by atoms with van der Waals surface area (Å²) in [6.07, 6.45) is 4.63. The molecule has 1 fully saturated rings. The molecule has 0 aromatic carbocycles. The summed E-state index contributed by atoms with van der Waals surface area (Å²) < 4.78 is 23.4. The van der Waals surface area contributed by atoms with Crippen molar-refractivity contribution in [1.82, 2.24) is 0 Å². The Morgan fingerprint density at radius 1 is 0.957 bits per heavy atom. The molecule has 0 aromatic heterocycles. The maximum Gasteiger partial charge on any atom is 0.186 e. The first-order valence-corrected chi connectivity index (χ1v) is 9.26. The smallest absolute Gasteiger partial charge is 0.186 e. The highest BCUT2D eigenvalue weighted by Gasteiger charge is 2.55. The molecule has 5 heteroatoms. The predicted molar refractivity (Wildman–Crippen MR) is 90.5 cm³/mol. The number of hydrogen-bond acceptors (Lipinski definition) is 5. The predicted octanol–water partition coefficient (Wildman–Crippen LogP) is 3.28. The van der Waals surface area contributed by atoms with Crippen LogP contribution in [0, 0.1) is 0 Å². The van der Waals surface area contributed by atoms with Crippen LogP contribution in [0.15, 0.2) is 0 Å². The van der Waals surface area contributed by atoms with Crippen LogP contribution in [0.5, 0.6) is 0 Å². The Hall–Kier alpha value is -0.200. The molecule has 0 spiro atoms. The summed E-state index contributed by atoms with van der Waals surface area (Å²) in [6, 6.07) is 0. The van der Waals surface area contributed by atoms with E-state index < -0.39 is 11.9 Å². The van der Waals surface area contributed by atoms with Gasteiger partial charge < -0.3 is 24.1 Å². The van der Waals surface area contributed by atoms with Crippen LogP contribution in [0.3, 0.4) is 0 Å². The van der Waals surface area contributed by atoms with E-state index in [1.54, 1.807) is 0 Å².